The number of carboxylic acid groups (broad SMARTS) is 1. The molecule has 1 N–H and O–H groups in total. The Labute approximate surface area is 152 Å². The Balaban J connectivity index is 2.50. The Bertz CT molecular complexity index is 710. The average molecular weight is 393 g/mol. The molecule has 1 aromatic carbocycles. The summed E-state index contributed by atoms with van der Waals surface area (Å²) in [7, 11) is 0. The minimum atomic E-state index is -1.08. The maximum atomic E-state index is 12.7. The number of carboxylic acids is 1. The maximum Gasteiger partial charge on any atom is 0.345 e. The van der Waals surface area contributed by atoms with Crippen molar-refractivity contribution in [3.8, 4) is 5.75 Å². The largest absolute Gasteiger partial charge is 0.478 e. The third-order valence-corrected chi connectivity index (χ3v) is 6.65. The number of allylic oxidation sites excluding steroid dienone is 1. The number of halogens is 2. The lowest BCUT2D eigenvalue weighted by molar-refractivity contribution is -0.144. The minimum Gasteiger partial charge on any atom is -0.478 e. The smallest absolute Gasteiger partial charge is 0.345 e. The fourth-order valence-electron chi connectivity index (χ4n) is 2.31. The van der Waals surface area contributed by atoms with E-state index in [-0.39, 0.29) is 33.6 Å². The average Bonchev–Trinajstić information content (AvgIpc) is 2.95. The number of carbonyl (C=O) groups excluding carboxylic acids is 1. The highest BCUT2D eigenvalue weighted by Gasteiger charge is 2.33. The van der Waals surface area contributed by atoms with Crippen LogP contribution in [0.3, 0.4) is 0 Å². The van der Waals surface area contributed by atoms with Crippen LogP contribution in [0.2, 0.25) is 10.0 Å². The van der Waals surface area contributed by atoms with E-state index in [1.807, 2.05) is 12.5 Å². The van der Waals surface area contributed by atoms with Crippen molar-refractivity contribution in [3.63, 3.8) is 0 Å². The number of hydrogen-bond acceptors (Lipinski definition) is 5. The number of carbonyl (C=O) groups is 2. The molecule has 8 heteroatoms. The Morgan fingerprint density at radius 3 is 2.39 bits per heavy atom. The molecule has 2 rings (SSSR count). The fourth-order valence-corrected chi connectivity index (χ4v) is 4.27. The topological polar surface area (TPSA) is 63.6 Å². The Hall–Kier alpha value is -0.820. The van der Waals surface area contributed by atoms with Crippen LogP contribution in [0.1, 0.15) is 22.8 Å². The Morgan fingerprint density at radius 2 is 1.87 bits per heavy atom. The monoisotopic (exact) mass is 392 g/mol. The molecule has 0 saturated carbocycles. The van der Waals surface area contributed by atoms with Crippen molar-refractivity contribution in [2.75, 3.05) is 12.5 Å². The van der Waals surface area contributed by atoms with Crippen molar-refractivity contribution in [1.29, 1.82) is 0 Å². The lowest BCUT2D eigenvalue weighted by Crippen LogP contribution is -2.24. The summed E-state index contributed by atoms with van der Waals surface area (Å²) < 4.78 is 6.21. The Morgan fingerprint density at radius 1 is 1.26 bits per heavy atom. The zero-order valence-corrected chi connectivity index (χ0v) is 15.8. The van der Waals surface area contributed by atoms with Crippen LogP contribution >= 0.6 is 46.7 Å². The van der Waals surface area contributed by atoms with E-state index in [9.17, 15) is 9.59 Å². The molecule has 0 spiro atoms. The van der Waals surface area contributed by atoms with Crippen LogP contribution in [0, 0.1) is 0 Å². The summed E-state index contributed by atoms with van der Waals surface area (Å²) in [4.78, 5) is 23.8. The third-order valence-electron chi connectivity index (χ3n) is 3.44. The predicted octanol–water partition coefficient (Wildman–Crippen LogP) is 4.52. The van der Waals surface area contributed by atoms with E-state index < -0.39 is 12.1 Å². The first-order chi connectivity index (χ1) is 10.8. The van der Waals surface area contributed by atoms with Gasteiger partial charge in [-0.3, -0.25) is 4.79 Å². The summed E-state index contributed by atoms with van der Waals surface area (Å²) in [5.74, 6) is -1.06. The zero-order chi connectivity index (χ0) is 17.3. The molecule has 23 heavy (non-hydrogen) atoms. The van der Waals surface area contributed by atoms with Gasteiger partial charge >= 0.3 is 5.97 Å². The number of thioether (sulfide) groups is 2. The number of ether oxygens (including phenoxy) is 1. The number of benzene rings is 1. The summed E-state index contributed by atoms with van der Waals surface area (Å²) in [6.45, 7) is 1.73. The molecule has 0 aromatic heterocycles. The SMILES string of the molecule is CSC(SC)=C(C)C(=O)c1cc2c(c(Cl)c1Cl)OC(C(=O)O)C2. The highest BCUT2D eigenvalue weighted by atomic mass is 35.5. The van der Waals surface area contributed by atoms with E-state index in [1.165, 1.54) is 23.5 Å². The van der Waals surface area contributed by atoms with Crippen LogP contribution in [0.25, 0.3) is 0 Å². The van der Waals surface area contributed by atoms with Crippen LogP contribution < -0.4 is 4.74 Å². The van der Waals surface area contributed by atoms with Crippen LogP contribution in [-0.4, -0.2) is 35.5 Å². The standard InChI is InChI=1S/C15H14Cl2O4S2/c1-6(15(22-2)23-3)12(18)8-4-7-5-9(14(19)20)21-13(7)11(17)10(8)16/h4,9H,5H2,1-3H3,(H,19,20). The molecule has 0 amide bonds. The molecule has 4 nitrogen and oxygen atoms in total. The molecule has 124 valence electrons. The number of Topliss-reactive ketones (excluding diaryl/α,β-unsaturated/α-hetero) is 1. The van der Waals surface area contributed by atoms with E-state index in [0.717, 1.165) is 4.24 Å². The lowest BCUT2D eigenvalue weighted by Gasteiger charge is -2.11. The number of aliphatic carboxylic acids is 1. The number of hydrogen-bond donors (Lipinski definition) is 1. The predicted molar refractivity (Wildman–Crippen MR) is 96.3 cm³/mol. The van der Waals surface area contributed by atoms with Crippen LogP contribution in [0.15, 0.2) is 15.9 Å². The van der Waals surface area contributed by atoms with E-state index in [0.29, 0.717) is 11.1 Å². The molecule has 0 bridgehead atoms. The maximum absolute atomic E-state index is 12.7. The summed E-state index contributed by atoms with van der Waals surface area (Å²) in [6.07, 6.45) is 2.94. The van der Waals surface area contributed by atoms with Gasteiger partial charge in [0.2, 0.25) is 0 Å². The van der Waals surface area contributed by atoms with Gasteiger partial charge in [0.1, 0.15) is 10.8 Å². The van der Waals surface area contributed by atoms with E-state index in [4.69, 9.17) is 33.0 Å². The molecule has 1 atom stereocenters. The zero-order valence-electron chi connectivity index (χ0n) is 12.6. The van der Waals surface area contributed by atoms with Crippen LogP contribution in [-0.2, 0) is 11.2 Å². The molecule has 1 unspecified atom stereocenters. The molecular weight excluding hydrogens is 379 g/mol. The highest BCUT2D eigenvalue weighted by molar-refractivity contribution is 8.21. The van der Waals surface area contributed by atoms with Crippen LogP contribution in [0.4, 0.5) is 0 Å². The molecule has 1 aliphatic heterocycles. The first-order valence-electron chi connectivity index (χ1n) is 6.55. The van der Waals surface area contributed by atoms with Crippen molar-refractivity contribution in [2.45, 2.75) is 19.4 Å². The molecule has 1 heterocycles. The van der Waals surface area contributed by atoms with E-state index in [2.05, 4.69) is 0 Å². The first kappa shape index (κ1) is 18.5. The van der Waals surface area contributed by atoms with Crippen molar-refractivity contribution in [2.24, 2.45) is 0 Å². The molecular formula is C15H14Cl2O4S2. The molecule has 0 saturated heterocycles. The normalized spacial score (nSPS) is 15.8. The summed E-state index contributed by atoms with van der Waals surface area (Å²) >= 11 is 15.4. The number of rotatable bonds is 5. The number of fused-ring (bicyclic) bond motifs is 1. The van der Waals surface area contributed by atoms with E-state index >= 15 is 0 Å². The van der Waals surface area contributed by atoms with Crippen molar-refractivity contribution in [1.82, 2.24) is 0 Å². The quantitative estimate of drug-likeness (QED) is 0.586. The first-order valence-corrected chi connectivity index (χ1v) is 9.76. The van der Waals surface area contributed by atoms with Crippen LogP contribution in [0.5, 0.6) is 5.75 Å². The molecule has 1 aliphatic rings. The van der Waals surface area contributed by atoms with Gasteiger partial charge in [0.05, 0.1) is 5.02 Å². The van der Waals surface area contributed by atoms with Gasteiger partial charge in [0.15, 0.2) is 11.9 Å². The lowest BCUT2D eigenvalue weighted by atomic mass is 10.0. The summed E-state index contributed by atoms with van der Waals surface area (Å²) in [6, 6.07) is 1.58. The van der Waals surface area contributed by atoms with Gasteiger partial charge in [-0.05, 0) is 25.5 Å². The van der Waals surface area contributed by atoms with Gasteiger partial charge in [-0.1, -0.05) is 23.2 Å². The minimum absolute atomic E-state index is 0.0823. The fraction of sp³-hybridized carbons (Fsp3) is 0.333. The molecule has 0 aliphatic carbocycles. The summed E-state index contributed by atoms with van der Waals surface area (Å²) in [5.41, 5.74) is 1.43. The molecule has 0 fully saturated rings. The van der Waals surface area contributed by atoms with Gasteiger partial charge in [-0.25, -0.2) is 4.79 Å². The van der Waals surface area contributed by atoms with Crippen molar-refractivity contribution < 1.29 is 19.4 Å². The van der Waals surface area contributed by atoms with Crippen molar-refractivity contribution >= 4 is 58.5 Å². The van der Waals surface area contributed by atoms with Gasteiger partial charge in [-0.15, -0.1) is 23.5 Å². The van der Waals surface area contributed by atoms with Crippen molar-refractivity contribution in [3.05, 3.63) is 37.0 Å². The molecule has 0 radical (unpaired) electrons. The Kier molecular flexibility index (Phi) is 5.94. The van der Waals surface area contributed by atoms with Gasteiger partial charge in [-0.2, -0.15) is 0 Å². The van der Waals surface area contributed by atoms with Gasteiger partial charge < -0.3 is 9.84 Å². The second-order valence-corrected chi connectivity index (χ2v) is 7.49. The van der Waals surface area contributed by atoms with Gasteiger partial charge in [0.25, 0.3) is 0 Å². The van der Waals surface area contributed by atoms with E-state index in [1.54, 1.807) is 13.0 Å². The highest BCUT2D eigenvalue weighted by Crippen LogP contribution is 2.43. The molecule has 1 aromatic rings. The second kappa shape index (κ2) is 7.38. The van der Waals surface area contributed by atoms with Gasteiger partial charge in [0, 0.05) is 27.4 Å². The number of ketones is 1. The summed E-state index contributed by atoms with van der Waals surface area (Å²) in [5, 5.41) is 9.24. The third kappa shape index (κ3) is 3.50. The second-order valence-electron chi connectivity index (χ2n) is 4.84.